The zero-order valence-corrected chi connectivity index (χ0v) is 13.7. The number of ether oxygens (including phenoxy) is 1. The Hall–Kier alpha value is -2.60. The molecule has 0 radical (unpaired) electrons. The zero-order valence-electron chi connectivity index (χ0n) is 13.7. The molecule has 0 bridgehead atoms. The lowest BCUT2D eigenvalue weighted by atomic mass is 10.1. The van der Waals surface area contributed by atoms with E-state index in [-0.39, 0.29) is 12.1 Å². The van der Waals surface area contributed by atoms with E-state index < -0.39 is 17.3 Å². The van der Waals surface area contributed by atoms with Crippen LogP contribution in [0.2, 0.25) is 0 Å². The molecule has 1 fully saturated rings. The lowest BCUT2D eigenvalue weighted by Crippen LogP contribution is -2.26. The average molecular weight is 351 g/mol. The van der Waals surface area contributed by atoms with Gasteiger partial charge in [-0.3, -0.25) is 0 Å². The molecule has 1 aliphatic rings. The van der Waals surface area contributed by atoms with Crippen LogP contribution in [0.1, 0.15) is 29.4 Å². The van der Waals surface area contributed by atoms with Crippen LogP contribution in [0.5, 0.6) is 0 Å². The second kappa shape index (κ2) is 6.37. The average Bonchev–Trinajstić information content (AvgIpc) is 3.19. The highest BCUT2D eigenvalue weighted by atomic mass is 19.4. The van der Waals surface area contributed by atoms with Crippen molar-refractivity contribution < 1.29 is 17.9 Å². The van der Waals surface area contributed by atoms with E-state index >= 15 is 0 Å². The van der Waals surface area contributed by atoms with Gasteiger partial charge in [0.2, 0.25) is 0 Å². The summed E-state index contributed by atoms with van der Waals surface area (Å²) in [5.74, 6) is 0.650. The number of anilines is 1. The normalized spacial score (nSPS) is 20.7. The molecular formula is C16H16F3N5O. The molecule has 3 rings (SSSR count). The van der Waals surface area contributed by atoms with Crippen LogP contribution in [0.3, 0.4) is 0 Å². The summed E-state index contributed by atoms with van der Waals surface area (Å²) in [5.41, 5.74) is -0.960. The lowest BCUT2D eigenvalue weighted by molar-refractivity contribution is -0.137. The van der Waals surface area contributed by atoms with Crippen LogP contribution < -0.4 is 4.90 Å². The zero-order chi connectivity index (χ0) is 18.2. The van der Waals surface area contributed by atoms with Gasteiger partial charge in [0.1, 0.15) is 6.33 Å². The van der Waals surface area contributed by atoms with Crippen molar-refractivity contribution in [2.45, 2.75) is 24.7 Å². The Morgan fingerprint density at radius 3 is 2.68 bits per heavy atom. The third kappa shape index (κ3) is 3.17. The summed E-state index contributed by atoms with van der Waals surface area (Å²) >= 11 is 0. The smallest absolute Gasteiger partial charge is 0.380 e. The molecule has 132 valence electrons. The van der Waals surface area contributed by atoms with E-state index in [9.17, 15) is 13.2 Å². The van der Waals surface area contributed by atoms with Gasteiger partial charge in [-0.05, 0) is 18.2 Å². The van der Waals surface area contributed by atoms with E-state index in [1.807, 2.05) is 4.90 Å². The molecule has 25 heavy (non-hydrogen) atoms. The van der Waals surface area contributed by atoms with E-state index in [4.69, 9.17) is 10.00 Å². The van der Waals surface area contributed by atoms with Gasteiger partial charge in [-0.25, -0.2) is 0 Å². The van der Waals surface area contributed by atoms with Gasteiger partial charge < -0.3 is 14.2 Å². The summed E-state index contributed by atoms with van der Waals surface area (Å²) in [6, 6.07) is 5.08. The van der Waals surface area contributed by atoms with E-state index in [1.54, 1.807) is 31.1 Å². The van der Waals surface area contributed by atoms with E-state index in [2.05, 4.69) is 10.2 Å². The van der Waals surface area contributed by atoms with Gasteiger partial charge in [0.25, 0.3) is 0 Å². The minimum atomic E-state index is -4.60. The summed E-state index contributed by atoms with van der Waals surface area (Å²) in [5, 5.41) is 16.9. The number of hydrogen-bond donors (Lipinski definition) is 0. The SMILES string of the molecule is CO[C@@H]1C[C@@H](c2nncn2C)N(c2ccc(C#N)c(C(F)(F)F)c2)C1. The standard InChI is InChI=1S/C16H16F3N5O/c1-23-9-21-22-15(23)14-6-12(25-2)8-24(14)11-4-3-10(7-20)13(5-11)16(17,18)19/h3-5,9,12,14H,6,8H2,1-2H3/t12-,14+/m1/s1. The number of nitrogens with zero attached hydrogens (tertiary/aromatic N) is 5. The number of benzene rings is 1. The first-order chi connectivity index (χ1) is 11.8. The highest BCUT2D eigenvalue weighted by Gasteiger charge is 2.38. The fourth-order valence-corrected chi connectivity index (χ4v) is 3.14. The van der Waals surface area contributed by atoms with Gasteiger partial charge >= 0.3 is 6.18 Å². The predicted molar refractivity (Wildman–Crippen MR) is 82.7 cm³/mol. The maximum Gasteiger partial charge on any atom is 0.417 e. The fourth-order valence-electron chi connectivity index (χ4n) is 3.14. The number of halogens is 3. The number of aryl methyl sites for hydroxylation is 1. The largest absolute Gasteiger partial charge is 0.417 e. The Balaban J connectivity index is 2.04. The number of hydrogen-bond acceptors (Lipinski definition) is 5. The topological polar surface area (TPSA) is 67.0 Å². The monoisotopic (exact) mass is 351 g/mol. The molecule has 9 heteroatoms. The second-order valence-electron chi connectivity index (χ2n) is 5.90. The van der Waals surface area contributed by atoms with Crippen molar-refractivity contribution in [1.29, 1.82) is 5.26 Å². The Morgan fingerprint density at radius 1 is 1.36 bits per heavy atom. The van der Waals surface area contributed by atoms with Crippen LogP contribution in [0.15, 0.2) is 24.5 Å². The Morgan fingerprint density at radius 2 is 2.12 bits per heavy atom. The summed E-state index contributed by atoms with van der Waals surface area (Å²) < 4.78 is 46.9. The van der Waals surface area contributed by atoms with Gasteiger partial charge in [0.05, 0.1) is 29.3 Å². The van der Waals surface area contributed by atoms with Crippen LogP contribution in [0.4, 0.5) is 18.9 Å². The summed E-state index contributed by atoms with van der Waals surface area (Å²) in [4.78, 5) is 1.81. The third-order valence-corrected chi connectivity index (χ3v) is 4.40. The highest BCUT2D eigenvalue weighted by molar-refractivity contribution is 5.56. The quantitative estimate of drug-likeness (QED) is 0.851. The molecule has 1 aromatic carbocycles. The number of rotatable bonds is 3. The van der Waals surface area contributed by atoms with E-state index in [1.165, 1.54) is 12.1 Å². The Labute approximate surface area is 142 Å². The van der Waals surface area contributed by atoms with Crippen molar-refractivity contribution in [2.24, 2.45) is 7.05 Å². The van der Waals surface area contributed by atoms with Gasteiger partial charge in [0, 0.05) is 32.8 Å². The van der Waals surface area contributed by atoms with Crippen LogP contribution in [0.25, 0.3) is 0 Å². The molecule has 2 atom stereocenters. The van der Waals surface area contributed by atoms with Crippen molar-refractivity contribution in [3.8, 4) is 6.07 Å². The first-order valence-corrected chi connectivity index (χ1v) is 7.59. The van der Waals surface area contributed by atoms with Gasteiger partial charge in [-0.1, -0.05) is 0 Å². The highest BCUT2D eigenvalue weighted by Crippen LogP contribution is 2.40. The van der Waals surface area contributed by atoms with Crippen LogP contribution in [-0.4, -0.2) is 34.5 Å². The van der Waals surface area contributed by atoms with Crippen molar-refractivity contribution in [1.82, 2.24) is 14.8 Å². The molecule has 6 nitrogen and oxygen atoms in total. The molecule has 0 unspecified atom stereocenters. The maximum atomic E-state index is 13.3. The summed E-state index contributed by atoms with van der Waals surface area (Å²) in [6.45, 7) is 0.428. The van der Waals surface area contributed by atoms with Gasteiger partial charge in [0.15, 0.2) is 5.82 Å². The second-order valence-corrected chi connectivity index (χ2v) is 5.90. The third-order valence-electron chi connectivity index (χ3n) is 4.40. The van der Waals surface area contributed by atoms with Crippen LogP contribution in [-0.2, 0) is 18.0 Å². The molecule has 1 aromatic heterocycles. The van der Waals surface area contributed by atoms with Crippen molar-refractivity contribution in [3.05, 3.63) is 41.5 Å². The Bertz CT molecular complexity index is 811. The molecule has 2 aromatic rings. The van der Waals surface area contributed by atoms with Crippen molar-refractivity contribution >= 4 is 5.69 Å². The lowest BCUT2D eigenvalue weighted by Gasteiger charge is -2.26. The molecule has 1 saturated heterocycles. The molecule has 0 N–H and O–H groups in total. The van der Waals surface area contributed by atoms with Crippen LogP contribution in [0, 0.1) is 11.3 Å². The number of aromatic nitrogens is 3. The van der Waals surface area contributed by atoms with E-state index in [0.29, 0.717) is 24.5 Å². The molecule has 0 amide bonds. The summed E-state index contributed by atoms with van der Waals surface area (Å²) in [7, 11) is 3.36. The minimum absolute atomic E-state index is 0.133. The van der Waals surface area contributed by atoms with Crippen molar-refractivity contribution in [2.75, 3.05) is 18.6 Å². The number of methoxy groups -OCH3 is 1. The number of nitriles is 1. The Kier molecular flexibility index (Phi) is 4.39. The van der Waals surface area contributed by atoms with Gasteiger partial charge in [-0.15, -0.1) is 10.2 Å². The van der Waals surface area contributed by atoms with Crippen molar-refractivity contribution in [3.63, 3.8) is 0 Å². The minimum Gasteiger partial charge on any atom is -0.380 e. The van der Waals surface area contributed by atoms with Gasteiger partial charge in [-0.2, -0.15) is 18.4 Å². The molecule has 0 spiro atoms. The molecular weight excluding hydrogens is 335 g/mol. The first-order valence-electron chi connectivity index (χ1n) is 7.59. The first kappa shape index (κ1) is 17.2. The molecule has 0 aliphatic carbocycles. The molecule has 2 heterocycles. The van der Waals surface area contributed by atoms with Crippen LogP contribution >= 0.6 is 0 Å². The predicted octanol–water partition coefficient (Wildman–Crippen LogP) is 2.67. The molecule has 0 saturated carbocycles. The molecule has 1 aliphatic heterocycles. The van der Waals surface area contributed by atoms with E-state index in [0.717, 1.165) is 6.07 Å². The number of alkyl halides is 3. The maximum absolute atomic E-state index is 13.3. The summed E-state index contributed by atoms with van der Waals surface area (Å²) in [6.07, 6.45) is -2.59. The fraction of sp³-hybridized carbons (Fsp3) is 0.438.